The van der Waals surface area contributed by atoms with E-state index in [0.29, 0.717) is 12.8 Å². The number of benzene rings is 2. The van der Waals surface area contributed by atoms with Crippen molar-refractivity contribution in [3.05, 3.63) is 51.5 Å². The zero-order valence-electron chi connectivity index (χ0n) is 15.5. The van der Waals surface area contributed by atoms with Crippen LogP contribution in [-0.2, 0) is 17.6 Å². The average Bonchev–Trinajstić information content (AvgIpc) is 2.66. The van der Waals surface area contributed by atoms with Crippen LogP contribution in [0.5, 0.6) is 11.5 Å². The number of carbonyl (C=O) groups is 1. The van der Waals surface area contributed by atoms with Crippen LogP contribution in [0.25, 0.3) is 0 Å². The van der Waals surface area contributed by atoms with Gasteiger partial charge in [-0.2, -0.15) is 0 Å². The first-order chi connectivity index (χ1) is 12.5. The van der Waals surface area contributed by atoms with Gasteiger partial charge in [0.05, 0.1) is 24.4 Å². The molecule has 0 N–H and O–H groups in total. The van der Waals surface area contributed by atoms with Crippen molar-refractivity contribution in [1.82, 2.24) is 0 Å². The fourth-order valence-corrected chi connectivity index (χ4v) is 4.11. The summed E-state index contributed by atoms with van der Waals surface area (Å²) in [5.41, 5.74) is 4.52. The van der Waals surface area contributed by atoms with Crippen LogP contribution in [0.1, 0.15) is 29.5 Å². The molecule has 1 aliphatic rings. The summed E-state index contributed by atoms with van der Waals surface area (Å²) in [6.45, 7) is 2.85. The number of nitrogens with zero attached hydrogens (tertiary/aromatic N) is 1. The SMILES string of the molecule is COc1ccc(CCC(=O)N2CCCc3c(C)ccc(OC)c32)cc1Br. The Balaban J connectivity index is 1.78. The van der Waals surface area contributed by atoms with E-state index in [1.165, 1.54) is 11.1 Å². The normalized spacial score (nSPS) is 13.3. The number of fused-ring (bicyclic) bond motifs is 1. The molecule has 1 heterocycles. The van der Waals surface area contributed by atoms with Gasteiger partial charge in [0.2, 0.25) is 5.91 Å². The second-order valence-corrected chi connectivity index (χ2v) is 7.38. The summed E-state index contributed by atoms with van der Waals surface area (Å²) in [6.07, 6.45) is 3.14. The lowest BCUT2D eigenvalue weighted by Gasteiger charge is -2.32. The fraction of sp³-hybridized carbons (Fsp3) is 0.381. The largest absolute Gasteiger partial charge is 0.496 e. The molecule has 0 aliphatic carbocycles. The highest BCUT2D eigenvalue weighted by Crippen LogP contribution is 2.38. The van der Waals surface area contributed by atoms with Crippen LogP contribution in [0, 0.1) is 6.92 Å². The van der Waals surface area contributed by atoms with Gasteiger partial charge in [0, 0.05) is 13.0 Å². The number of hydrogen-bond acceptors (Lipinski definition) is 3. The Morgan fingerprint density at radius 1 is 1.15 bits per heavy atom. The van der Waals surface area contributed by atoms with Crippen LogP contribution in [0.15, 0.2) is 34.8 Å². The molecule has 0 atom stereocenters. The topological polar surface area (TPSA) is 38.8 Å². The summed E-state index contributed by atoms with van der Waals surface area (Å²) < 4.78 is 11.7. The molecule has 0 bridgehead atoms. The van der Waals surface area contributed by atoms with Crippen molar-refractivity contribution in [3.63, 3.8) is 0 Å². The molecule has 4 nitrogen and oxygen atoms in total. The molecular weight excluding hydrogens is 394 g/mol. The highest BCUT2D eigenvalue weighted by molar-refractivity contribution is 9.10. The Morgan fingerprint density at radius 2 is 1.88 bits per heavy atom. The number of hydrogen-bond donors (Lipinski definition) is 0. The molecule has 0 saturated heterocycles. The number of carbonyl (C=O) groups excluding carboxylic acids is 1. The van der Waals surface area contributed by atoms with E-state index in [0.717, 1.165) is 46.6 Å². The number of methoxy groups -OCH3 is 2. The third kappa shape index (κ3) is 3.73. The third-order valence-corrected chi connectivity index (χ3v) is 5.54. The zero-order chi connectivity index (χ0) is 18.7. The van der Waals surface area contributed by atoms with Crippen molar-refractivity contribution in [1.29, 1.82) is 0 Å². The lowest BCUT2D eigenvalue weighted by molar-refractivity contribution is -0.118. The summed E-state index contributed by atoms with van der Waals surface area (Å²) in [4.78, 5) is 14.9. The molecule has 0 aromatic heterocycles. The first-order valence-corrected chi connectivity index (χ1v) is 9.63. The van der Waals surface area contributed by atoms with Gasteiger partial charge in [0.1, 0.15) is 11.5 Å². The van der Waals surface area contributed by atoms with E-state index in [-0.39, 0.29) is 5.91 Å². The summed E-state index contributed by atoms with van der Waals surface area (Å²) in [5, 5.41) is 0. The van der Waals surface area contributed by atoms with Crippen LogP contribution in [0.4, 0.5) is 5.69 Å². The van der Waals surface area contributed by atoms with Gasteiger partial charge < -0.3 is 14.4 Å². The van der Waals surface area contributed by atoms with Gasteiger partial charge in [-0.25, -0.2) is 0 Å². The van der Waals surface area contributed by atoms with E-state index >= 15 is 0 Å². The Bertz CT molecular complexity index is 819. The molecule has 0 radical (unpaired) electrons. The van der Waals surface area contributed by atoms with Crippen molar-refractivity contribution in [2.24, 2.45) is 0 Å². The number of ether oxygens (including phenoxy) is 2. The van der Waals surface area contributed by atoms with E-state index in [2.05, 4.69) is 28.9 Å². The van der Waals surface area contributed by atoms with Crippen molar-refractivity contribution in [3.8, 4) is 11.5 Å². The number of anilines is 1. The van der Waals surface area contributed by atoms with E-state index < -0.39 is 0 Å². The molecule has 1 amide bonds. The van der Waals surface area contributed by atoms with E-state index in [1.807, 2.05) is 29.2 Å². The predicted molar refractivity (Wildman–Crippen MR) is 107 cm³/mol. The van der Waals surface area contributed by atoms with Gasteiger partial charge in [-0.3, -0.25) is 4.79 Å². The molecule has 0 fully saturated rings. The lowest BCUT2D eigenvalue weighted by atomic mass is 9.95. The first kappa shape index (κ1) is 18.8. The van der Waals surface area contributed by atoms with Gasteiger partial charge in [-0.1, -0.05) is 12.1 Å². The van der Waals surface area contributed by atoms with Crippen molar-refractivity contribution < 1.29 is 14.3 Å². The molecule has 138 valence electrons. The minimum absolute atomic E-state index is 0.141. The van der Waals surface area contributed by atoms with Crippen molar-refractivity contribution in [2.45, 2.75) is 32.6 Å². The highest BCUT2D eigenvalue weighted by atomic mass is 79.9. The van der Waals surface area contributed by atoms with Crippen molar-refractivity contribution in [2.75, 3.05) is 25.7 Å². The zero-order valence-corrected chi connectivity index (χ0v) is 17.1. The standard InChI is InChI=1S/C21H24BrNO3/c1-14-6-9-19(26-3)21-16(14)5-4-12-23(21)20(24)11-8-15-7-10-18(25-2)17(22)13-15/h6-7,9-10,13H,4-5,8,11-12H2,1-3H3. The minimum atomic E-state index is 0.141. The molecular formula is C21H24BrNO3. The van der Waals surface area contributed by atoms with Crippen LogP contribution in [-0.4, -0.2) is 26.7 Å². The molecule has 1 aliphatic heterocycles. The minimum Gasteiger partial charge on any atom is -0.496 e. The smallest absolute Gasteiger partial charge is 0.227 e. The maximum Gasteiger partial charge on any atom is 0.227 e. The monoisotopic (exact) mass is 417 g/mol. The second kappa shape index (κ2) is 8.12. The van der Waals surface area contributed by atoms with Crippen LogP contribution >= 0.6 is 15.9 Å². The summed E-state index contributed by atoms with van der Waals surface area (Å²) in [6, 6.07) is 9.97. The molecule has 3 rings (SSSR count). The molecule has 2 aromatic carbocycles. The highest BCUT2D eigenvalue weighted by Gasteiger charge is 2.26. The fourth-order valence-electron chi connectivity index (χ4n) is 3.52. The Kier molecular flexibility index (Phi) is 5.87. The van der Waals surface area contributed by atoms with Gasteiger partial charge in [0.25, 0.3) is 0 Å². The molecule has 26 heavy (non-hydrogen) atoms. The Hall–Kier alpha value is -2.01. The van der Waals surface area contributed by atoms with Crippen LogP contribution in [0.3, 0.4) is 0 Å². The maximum absolute atomic E-state index is 13.0. The number of rotatable bonds is 5. The van der Waals surface area contributed by atoms with Gasteiger partial charge in [-0.15, -0.1) is 0 Å². The second-order valence-electron chi connectivity index (χ2n) is 6.53. The molecule has 0 unspecified atom stereocenters. The Labute approximate surface area is 163 Å². The van der Waals surface area contributed by atoms with Crippen LogP contribution < -0.4 is 14.4 Å². The Morgan fingerprint density at radius 3 is 2.58 bits per heavy atom. The van der Waals surface area contributed by atoms with Gasteiger partial charge in [0.15, 0.2) is 0 Å². The predicted octanol–water partition coefficient (Wildman–Crippen LogP) is 4.69. The number of aryl methyl sites for hydroxylation is 2. The molecule has 5 heteroatoms. The number of amides is 1. The summed E-state index contributed by atoms with van der Waals surface area (Å²) in [7, 11) is 3.31. The first-order valence-electron chi connectivity index (χ1n) is 8.84. The lowest BCUT2D eigenvalue weighted by Crippen LogP contribution is -2.36. The molecule has 2 aromatic rings. The third-order valence-electron chi connectivity index (χ3n) is 4.92. The molecule has 0 spiro atoms. The van der Waals surface area contributed by atoms with Crippen molar-refractivity contribution >= 4 is 27.5 Å². The van der Waals surface area contributed by atoms with E-state index in [4.69, 9.17) is 9.47 Å². The quantitative estimate of drug-likeness (QED) is 0.708. The van der Waals surface area contributed by atoms with Gasteiger partial charge >= 0.3 is 0 Å². The molecule has 0 saturated carbocycles. The summed E-state index contributed by atoms with van der Waals surface area (Å²) >= 11 is 3.50. The van der Waals surface area contributed by atoms with Gasteiger partial charge in [-0.05, 0) is 77.0 Å². The maximum atomic E-state index is 13.0. The summed E-state index contributed by atoms with van der Waals surface area (Å²) in [5.74, 6) is 1.72. The number of halogens is 1. The van der Waals surface area contributed by atoms with E-state index in [9.17, 15) is 4.79 Å². The average molecular weight is 418 g/mol. The van der Waals surface area contributed by atoms with E-state index in [1.54, 1.807) is 14.2 Å². The van der Waals surface area contributed by atoms with Crippen LogP contribution in [0.2, 0.25) is 0 Å².